The van der Waals surface area contributed by atoms with Crippen LogP contribution in [0.5, 0.6) is 0 Å². The van der Waals surface area contributed by atoms with Gasteiger partial charge < -0.3 is 13.8 Å². The summed E-state index contributed by atoms with van der Waals surface area (Å²) in [6.07, 6.45) is 0.476. The Morgan fingerprint density at radius 2 is 1.88 bits per heavy atom. The number of hydrogen-bond acceptors (Lipinski definition) is 3. The molecular weight excluding hydrogens is 354 g/mol. The fourth-order valence-electron chi connectivity index (χ4n) is 2.79. The summed E-state index contributed by atoms with van der Waals surface area (Å²) in [4.78, 5) is 10.7. The van der Waals surface area contributed by atoms with Crippen LogP contribution < -0.4 is 0 Å². The molecule has 0 aliphatic rings. The highest BCUT2D eigenvalue weighted by atomic mass is 31.2. The van der Waals surface area contributed by atoms with E-state index in [-0.39, 0.29) is 18.3 Å². The summed E-state index contributed by atoms with van der Waals surface area (Å²) >= 11 is 0. The molecule has 1 heterocycles. The zero-order valence-electron chi connectivity index (χ0n) is 14.8. The van der Waals surface area contributed by atoms with E-state index >= 15 is 0 Å². The van der Waals surface area contributed by atoms with Crippen molar-refractivity contribution < 1.29 is 22.8 Å². The van der Waals surface area contributed by atoms with E-state index in [0.717, 1.165) is 10.9 Å². The first-order valence-corrected chi connectivity index (χ1v) is 10.3. The van der Waals surface area contributed by atoms with Gasteiger partial charge in [0.25, 0.3) is 0 Å². The van der Waals surface area contributed by atoms with Gasteiger partial charge in [0, 0.05) is 5.39 Å². The summed E-state index contributed by atoms with van der Waals surface area (Å²) in [5, 5.41) is 0.857. The number of rotatable bonds is 7. The predicted octanol–water partition coefficient (Wildman–Crippen LogP) is 5.86. The number of benzene rings is 2. The van der Waals surface area contributed by atoms with Crippen molar-refractivity contribution in [2.45, 2.75) is 38.5 Å². The predicted molar refractivity (Wildman–Crippen MR) is 99.7 cm³/mol. The van der Waals surface area contributed by atoms with Crippen molar-refractivity contribution in [1.29, 1.82) is 0 Å². The first kappa shape index (κ1) is 18.8. The van der Waals surface area contributed by atoms with Crippen LogP contribution in [0.1, 0.15) is 37.3 Å². The topological polar surface area (TPSA) is 59.7 Å². The molecule has 0 radical (unpaired) electrons. The lowest BCUT2D eigenvalue weighted by Crippen LogP contribution is -2.11. The zero-order chi connectivity index (χ0) is 18.7. The van der Waals surface area contributed by atoms with Crippen molar-refractivity contribution in [3.63, 3.8) is 0 Å². The minimum atomic E-state index is -4.02. The number of halogens is 1. The summed E-state index contributed by atoms with van der Waals surface area (Å²) in [5.74, 6) is 0.0433. The van der Waals surface area contributed by atoms with Crippen LogP contribution in [0, 0.1) is 5.82 Å². The highest BCUT2D eigenvalue weighted by Crippen LogP contribution is 2.59. The van der Waals surface area contributed by atoms with E-state index in [2.05, 4.69) is 0 Å². The Bertz CT molecular complexity index is 886. The maximum absolute atomic E-state index is 13.2. The van der Waals surface area contributed by atoms with Gasteiger partial charge in [-0.05, 0) is 49.6 Å². The van der Waals surface area contributed by atoms with Crippen molar-refractivity contribution >= 4 is 18.6 Å². The molecule has 0 spiro atoms. The maximum atomic E-state index is 13.2. The Balaban J connectivity index is 1.99. The van der Waals surface area contributed by atoms with Crippen LogP contribution in [0.3, 0.4) is 0 Å². The van der Waals surface area contributed by atoms with Crippen LogP contribution in [-0.4, -0.2) is 11.0 Å². The Morgan fingerprint density at radius 3 is 2.54 bits per heavy atom. The molecule has 1 aromatic heterocycles. The second-order valence-corrected chi connectivity index (χ2v) is 8.38. The first-order valence-electron chi connectivity index (χ1n) is 8.63. The standard InChI is InChI=1S/C20H22FO4P/c1-3-14(2)25-26(22,23)20(12-15-8-10-17(21)11-9-15)19-13-16-6-4-5-7-18(16)24-19/h4-11,13-14,20H,3,12H2,1-2H3,(H,22,23). The van der Waals surface area contributed by atoms with E-state index in [0.29, 0.717) is 17.8 Å². The lowest BCUT2D eigenvalue weighted by molar-refractivity contribution is 0.178. The van der Waals surface area contributed by atoms with Gasteiger partial charge in [0.05, 0.1) is 6.10 Å². The monoisotopic (exact) mass is 376 g/mol. The lowest BCUT2D eigenvalue weighted by Gasteiger charge is -2.24. The number of fused-ring (bicyclic) bond motifs is 1. The van der Waals surface area contributed by atoms with Gasteiger partial charge in [0.2, 0.25) is 0 Å². The van der Waals surface area contributed by atoms with Crippen LogP contribution >= 0.6 is 7.60 Å². The Hall–Kier alpha value is -1.94. The van der Waals surface area contributed by atoms with E-state index < -0.39 is 13.3 Å². The molecule has 0 bridgehead atoms. The summed E-state index contributed by atoms with van der Waals surface area (Å²) in [6, 6.07) is 15.1. The first-order chi connectivity index (χ1) is 12.4. The summed E-state index contributed by atoms with van der Waals surface area (Å²) < 4.78 is 37.5. The van der Waals surface area contributed by atoms with Crippen LogP contribution in [0.25, 0.3) is 11.0 Å². The maximum Gasteiger partial charge on any atom is 0.339 e. The molecule has 0 saturated heterocycles. The van der Waals surface area contributed by atoms with E-state index in [1.807, 2.05) is 31.2 Å². The highest BCUT2D eigenvalue weighted by Gasteiger charge is 2.38. The number of furan rings is 1. The molecule has 0 amide bonds. The quantitative estimate of drug-likeness (QED) is 0.525. The molecule has 3 unspecified atom stereocenters. The molecular formula is C20H22FO4P. The van der Waals surface area contributed by atoms with Crippen molar-refractivity contribution in [1.82, 2.24) is 0 Å². The second-order valence-electron chi connectivity index (χ2n) is 6.42. The van der Waals surface area contributed by atoms with Gasteiger partial charge in [0.15, 0.2) is 0 Å². The van der Waals surface area contributed by atoms with E-state index in [1.165, 1.54) is 12.1 Å². The van der Waals surface area contributed by atoms with Gasteiger partial charge in [0.1, 0.15) is 22.8 Å². The normalized spacial score (nSPS) is 16.3. The highest BCUT2D eigenvalue weighted by molar-refractivity contribution is 7.53. The number of para-hydroxylation sites is 1. The molecule has 3 aromatic rings. The van der Waals surface area contributed by atoms with Gasteiger partial charge in [-0.1, -0.05) is 37.3 Å². The summed E-state index contributed by atoms with van der Waals surface area (Å²) in [5.41, 5.74) is 0.517. The molecule has 3 atom stereocenters. The van der Waals surface area contributed by atoms with E-state index in [1.54, 1.807) is 25.1 Å². The third-order valence-electron chi connectivity index (χ3n) is 4.42. The van der Waals surface area contributed by atoms with E-state index in [9.17, 15) is 13.8 Å². The molecule has 26 heavy (non-hydrogen) atoms. The third-order valence-corrected chi connectivity index (χ3v) is 6.30. The van der Waals surface area contributed by atoms with Crippen molar-refractivity contribution in [3.05, 3.63) is 71.7 Å². The molecule has 3 rings (SSSR count). The molecule has 4 nitrogen and oxygen atoms in total. The van der Waals surface area contributed by atoms with Gasteiger partial charge in [-0.15, -0.1) is 0 Å². The average molecular weight is 376 g/mol. The fraction of sp³-hybridized carbons (Fsp3) is 0.300. The van der Waals surface area contributed by atoms with Gasteiger partial charge in [-0.2, -0.15) is 0 Å². The van der Waals surface area contributed by atoms with Crippen LogP contribution in [0.2, 0.25) is 0 Å². The average Bonchev–Trinajstić information content (AvgIpc) is 3.04. The van der Waals surface area contributed by atoms with Gasteiger partial charge in [-0.3, -0.25) is 4.57 Å². The van der Waals surface area contributed by atoms with Crippen molar-refractivity contribution in [2.75, 3.05) is 0 Å². The Kier molecular flexibility index (Phi) is 5.61. The molecule has 1 N–H and O–H groups in total. The van der Waals surface area contributed by atoms with Crippen molar-refractivity contribution in [2.24, 2.45) is 0 Å². The van der Waals surface area contributed by atoms with Crippen LogP contribution in [-0.2, 0) is 15.5 Å². The van der Waals surface area contributed by atoms with Crippen LogP contribution in [0.15, 0.2) is 59.0 Å². The molecule has 0 aliphatic heterocycles. The molecule has 0 saturated carbocycles. The third kappa shape index (κ3) is 4.24. The zero-order valence-corrected chi connectivity index (χ0v) is 15.7. The van der Waals surface area contributed by atoms with Crippen LogP contribution in [0.4, 0.5) is 4.39 Å². The SMILES string of the molecule is CCC(C)OP(=O)(O)C(Cc1ccc(F)cc1)c1cc2ccccc2o1. The van der Waals surface area contributed by atoms with Gasteiger partial charge >= 0.3 is 7.60 Å². The van der Waals surface area contributed by atoms with Gasteiger partial charge in [-0.25, -0.2) is 4.39 Å². The Labute approximate surface area is 152 Å². The minimum absolute atomic E-state index is 0.213. The largest absolute Gasteiger partial charge is 0.460 e. The second kappa shape index (κ2) is 7.75. The Morgan fingerprint density at radius 1 is 1.19 bits per heavy atom. The van der Waals surface area contributed by atoms with Crippen molar-refractivity contribution in [3.8, 4) is 0 Å². The molecule has 0 aliphatic carbocycles. The number of hydrogen-bond donors (Lipinski definition) is 1. The molecule has 2 aromatic carbocycles. The van der Waals surface area contributed by atoms with E-state index in [4.69, 9.17) is 8.94 Å². The minimum Gasteiger partial charge on any atom is -0.460 e. The lowest BCUT2D eigenvalue weighted by atomic mass is 10.1. The molecule has 138 valence electrons. The summed E-state index contributed by atoms with van der Waals surface area (Å²) in [6.45, 7) is 3.65. The smallest absolute Gasteiger partial charge is 0.339 e. The molecule has 6 heteroatoms. The summed E-state index contributed by atoms with van der Waals surface area (Å²) in [7, 11) is -4.02. The molecule has 0 fully saturated rings. The fourth-order valence-corrected chi connectivity index (χ4v) is 4.49.